The minimum atomic E-state index is -0.254. The highest BCUT2D eigenvalue weighted by atomic mass is 15.3. The van der Waals surface area contributed by atoms with Gasteiger partial charge >= 0.3 is 0 Å². The third-order valence-corrected chi connectivity index (χ3v) is 16.4. The summed E-state index contributed by atoms with van der Waals surface area (Å²) in [4.78, 5) is 40.3. The van der Waals surface area contributed by atoms with E-state index < -0.39 is 0 Å². The molecule has 0 amide bonds. The predicted molar refractivity (Wildman–Crippen MR) is 295 cm³/mol. The molecule has 0 spiro atoms. The van der Waals surface area contributed by atoms with Gasteiger partial charge in [0, 0.05) is 16.2 Å². The summed E-state index contributed by atoms with van der Waals surface area (Å²) < 4.78 is 0. The molecule has 0 bridgehead atoms. The highest BCUT2D eigenvalue weighted by molar-refractivity contribution is 6.19. The minimum absolute atomic E-state index is 0.254. The van der Waals surface area contributed by atoms with Gasteiger partial charge in [0.05, 0.1) is 52.7 Å². The summed E-state index contributed by atoms with van der Waals surface area (Å²) in [6, 6.07) is 39.6. The van der Waals surface area contributed by atoms with Crippen LogP contribution in [0.4, 0.5) is 51.6 Å². The molecular weight excluding hydrogens is 883 g/mol. The van der Waals surface area contributed by atoms with Crippen LogP contribution < -0.4 is 14.7 Å². The third kappa shape index (κ3) is 5.82. The predicted octanol–water partition coefficient (Wildman–Crippen LogP) is 15.7. The monoisotopic (exact) mass is 939 g/mol. The molecule has 72 heavy (non-hydrogen) atoms. The van der Waals surface area contributed by atoms with Crippen LogP contribution in [-0.4, -0.2) is 29.9 Å². The van der Waals surface area contributed by atoms with Gasteiger partial charge in [-0.3, -0.25) is 14.7 Å². The number of para-hydroxylation sites is 6. The van der Waals surface area contributed by atoms with E-state index >= 15 is 0 Å². The molecule has 0 saturated carbocycles. The molecule has 354 valence electrons. The molecule has 10 aromatic rings. The third-order valence-electron chi connectivity index (χ3n) is 16.4. The Hall–Kier alpha value is -8.04. The van der Waals surface area contributed by atoms with Crippen LogP contribution in [0.5, 0.6) is 0 Å². The number of anilines is 9. The number of rotatable bonds is 3. The lowest BCUT2D eigenvalue weighted by Crippen LogP contribution is -2.32. The van der Waals surface area contributed by atoms with Gasteiger partial charge in [0.25, 0.3) is 0 Å². The molecular formula is C63H57N9. The largest absolute Gasteiger partial charge is 0.293 e. The zero-order chi connectivity index (χ0) is 49.9. The molecule has 9 nitrogen and oxygen atoms in total. The molecule has 7 aromatic carbocycles. The van der Waals surface area contributed by atoms with Gasteiger partial charge in [-0.2, -0.15) is 0 Å². The Bertz CT molecular complexity index is 3410. The fraction of sp³-hybridized carbons (Fsp3) is 0.238. The molecule has 0 saturated heterocycles. The topological polar surface area (TPSA) is 87.1 Å². The Labute approximate surface area is 421 Å². The molecule has 6 heterocycles. The maximum absolute atomic E-state index is 5.69. The Morgan fingerprint density at radius 1 is 0.278 bits per heavy atom. The molecule has 0 atom stereocenters. The average Bonchev–Trinajstić information content (AvgIpc) is 3.36. The van der Waals surface area contributed by atoms with Gasteiger partial charge in [0.1, 0.15) is 33.1 Å². The maximum Gasteiger partial charge on any atom is 0.157 e. The van der Waals surface area contributed by atoms with Gasteiger partial charge in [-0.25, -0.2) is 29.9 Å². The summed E-state index contributed by atoms with van der Waals surface area (Å²) in [7, 11) is 0. The van der Waals surface area contributed by atoms with Crippen LogP contribution in [0.1, 0.15) is 108 Å². The van der Waals surface area contributed by atoms with Crippen molar-refractivity contribution in [1.82, 2.24) is 29.9 Å². The van der Waals surface area contributed by atoms with E-state index in [4.69, 9.17) is 29.9 Å². The molecule has 9 heteroatoms. The number of benzene rings is 7. The second-order valence-corrected chi connectivity index (χ2v) is 22.0. The first-order chi connectivity index (χ1) is 34.5. The number of hydrogen-bond donors (Lipinski definition) is 0. The van der Waals surface area contributed by atoms with Crippen LogP contribution in [0.2, 0.25) is 0 Å². The van der Waals surface area contributed by atoms with Gasteiger partial charge in [-0.15, -0.1) is 0 Å². The van der Waals surface area contributed by atoms with E-state index in [1.165, 1.54) is 33.4 Å². The van der Waals surface area contributed by atoms with Crippen LogP contribution in [0.15, 0.2) is 128 Å². The second kappa shape index (κ2) is 15.0. The Balaban J connectivity index is 1.12. The molecule has 0 N–H and O–H groups in total. The molecule has 0 aliphatic carbocycles. The first-order valence-electron chi connectivity index (χ1n) is 25.1. The molecule has 13 rings (SSSR count). The zero-order valence-corrected chi connectivity index (χ0v) is 43.1. The minimum Gasteiger partial charge on any atom is -0.293 e. The normalized spacial score (nSPS) is 15.8. The molecule has 3 aliphatic rings. The van der Waals surface area contributed by atoms with Crippen molar-refractivity contribution < 1.29 is 0 Å². The van der Waals surface area contributed by atoms with Crippen LogP contribution in [-0.2, 0) is 16.2 Å². The maximum atomic E-state index is 5.69. The molecule has 3 aromatic heterocycles. The quantitative estimate of drug-likeness (QED) is 0.161. The number of hydrogen-bond acceptors (Lipinski definition) is 9. The van der Waals surface area contributed by atoms with Crippen LogP contribution >= 0.6 is 0 Å². The van der Waals surface area contributed by atoms with Gasteiger partial charge in [0.15, 0.2) is 17.5 Å². The lowest BCUT2D eigenvalue weighted by molar-refractivity contribution is 0.629. The van der Waals surface area contributed by atoms with Gasteiger partial charge < -0.3 is 0 Å². The van der Waals surface area contributed by atoms with E-state index in [9.17, 15) is 0 Å². The SMILES string of the molecule is Cc1cccc2c1N(c1cnc3c(n1)c1ncc(N4c5c(C)cccc5C(C)(C)c5cccc(C)c54)nc1c1ncc(N4c5c(C)cccc5C(C)(C)c5cccc(C)c54)nc31)c1c(C)cccc1C2(C)C. The standard InChI is InChI=1S/C63H57N9/c1-34-19-13-25-40-55(34)70(56-35(2)20-14-26-41(56)61(40,7)8)46-31-64-49-52(67-46)50-54(69-47(32-65-50)71-57-36(3)21-15-27-42(57)62(9,10)43-28-16-22-37(4)58(43)71)51-53(49)68-48(33-66-51)72-59-38(5)23-17-29-44(59)63(11,12)45-30-18-24-39(6)60(45)72/h13-33H,1-12H3. The van der Waals surface area contributed by atoms with E-state index in [2.05, 4.69) is 207 Å². The Kier molecular flexibility index (Phi) is 9.15. The van der Waals surface area contributed by atoms with E-state index in [-0.39, 0.29) is 16.2 Å². The molecule has 0 radical (unpaired) electrons. The number of aryl methyl sites for hydroxylation is 6. The molecule has 0 unspecified atom stereocenters. The van der Waals surface area contributed by atoms with Crippen molar-refractivity contribution in [3.63, 3.8) is 0 Å². The summed E-state index contributed by atoms with van der Waals surface area (Å²) in [5.74, 6) is 2.08. The first kappa shape index (κ1) is 43.9. The summed E-state index contributed by atoms with van der Waals surface area (Å²) in [6.07, 6.45) is 5.73. The Morgan fingerprint density at radius 3 is 0.667 bits per heavy atom. The lowest BCUT2D eigenvalue weighted by Gasteiger charge is -2.43. The van der Waals surface area contributed by atoms with E-state index in [0.29, 0.717) is 50.6 Å². The zero-order valence-electron chi connectivity index (χ0n) is 43.1. The summed E-state index contributed by atoms with van der Waals surface area (Å²) in [6.45, 7) is 27.1. The fourth-order valence-electron chi connectivity index (χ4n) is 12.7. The van der Waals surface area contributed by atoms with Crippen molar-refractivity contribution in [1.29, 1.82) is 0 Å². The average molecular weight is 940 g/mol. The van der Waals surface area contributed by atoms with E-state index in [1.807, 2.05) is 18.6 Å². The van der Waals surface area contributed by atoms with Crippen LogP contribution in [0, 0.1) is 41.5 Å². The number of fused-ring (bicyclic) bond motifs is 12. The van der Waals surface area contributed by atoms with Crippen molar-refractivity contribution in [2.75, 3.05) is 14.7 Å². The van der Waals surface area contributed by atoms with Crippen LogP contribution in [0.25, 0.3) is 33.1 Å². The summed E-state index contributed by atoms with van der Waals surface area (Å²) in [5.41, 5.74) is 23.9. The lowest BCUT2D eigenvalue weighted by atomic mass is 9.72. The van der Waals surface area contributed by atoms with E-state index in [1.54, 1.807) is 0 Å². The summed E-state index contributed by atoms with van der Waals surface area (Å²) >= 11 is 0. The Morgan fingerprint density at radius 2 is 0.472 bits per heavy atom. The number of nitrogens with zero attached hydrogens (tertiary/aromatic N) is 9. The van der Waals surface area contributed by atoms with Crippen molar-refractivity contribution >= 4 is 84.7 Å². The first-order valence-corrected chi connectivity index (χ1v) is 25.1. The fourth-order valence-corrected chi connectivity index (χ4v) is 12.7. The second-order valence-electron chi connectivity index (χ2n) is 22.0. The highest BCUT2D eigenvalue weighted by Gasteiger charge is 2.42. The van der Waals surface area contributed by atoms with Gasteiger partial charge in [-0.05, 0) is 108 Å². The summed E-state index contributed by atoms with van der Waals surface area (Å²) in [5, 5.41) is 0. The number of aromatic nitrogens is 6. The van der Waals surface area contributed by atoms with Gasteiger partial charge in [0.2, 0.25) is 0 Å². The smallest absolute Gasteiger partial charge is 0.157 e. The van der Waals surface area contributed by atoms with Crippen molar-refractivity contribution in [2.24, 2.45) is 0 Å². The molecule has 3 aliphatic heterocycles. The molecule has 0 fully saturated rings. The van der Waals surface area contributed by atoms with E-state index in [0.717, 1.165) is 67.5 Å². The highest BCUT2D eigenvalue weighted by Crippen LogP contribution is 2.57. The van der Waals surface area contributed by atoms with Crippen molar-refractivity contribution in [3.8, 4) is 0 Å². The van der Waals surface area contributed by atoms with Crippen LogP contribution in [0.3, 0.4) is 0 Å². The van der Waals surface area contributed by atoms with Crippen molar-refractivity contribution in [3.05, 3.63) is 195 Å². The van der Waals surface area contributed by atoms with Gasteiger partial charge in [-0.1, -0.05) is 151 Å². The van der Waals surface area contributed by atoms with Crippen molar-refractivity contribution in [2.45, 2.75) is 99.3 Å².